The van der Waals surface area contributed by atoms with Gasteiger partial charge in [-0.25, -0.2) is 9.97 Å². The molecule has 78 valence electrons. The Morgan fingerprint density at radius 3 is 2.53 bits per heavy atom. The van der Waals surface area contributed by atoms with E-state index in [2.05, 4.69) is 19.9 Å². The van der Waals surface area contributed by atoms with Gasteiger partial charge in [0.1, 0.15) is 11.4 Å². The van der Waals surface area contributed by atoms with E-state index in [1.54, 1.807) is 0 Å². The molecule has 8 heteroatoms. The molecule has 0 aromatic carbocycles. The number of nitrogens with two attached hydrogens (primary N) is 3. The Hall–Kier alpha value is -2.51. The molecule has 15 heavy (non-hydrogen) atoms. The molecule has 1 amide bonds. The average molecular weight is 207 g/mol. The number of primary amides is 1. The number of imidazole rings is 2. The van der Waals surface area contributed by atoms with Gasteiger partial charge < -0.3 is 27.2 Å². The number of amides is 1. The lowest BCUT2D eigenvalue weighted by Crippen LogP contribution is -2.13. The maximum Gasteiger partial charge on any atom is 0.269 e. The van der Waals surface area contributed by atoms with Gasteiger partial charge in [0, 0.05) is 0 Å². The summed E-state index contributed by atoms with van der Waals surface area (Å²) in [6.45, 7) is 0. The predicted octanol–water partition coefficient (Wildman–Crippen LogP) is -0.937. The number of carbonyl (C=O) groups excluding carboxylic acids is 1. The SMILES string of the molecule is NC(=O)c1[nH]c(-c2[nH]cnc2N)nc1N. The summed E-state index contributed by atoms with van der Waals surface area (Å²) in [6, 6.07) is 0. The third kappa shape index (κ3) is 1.37. The highest BCUT2D eigenvalue weighted by atomic mass is 16.1. The van der Waals surface area contributed by atoms with Crippen molar-refractivity contribution in [1.29, 1.82) is 0 Å². The molecule has 0 unspecified atom stereocenters. The van der Waals surface area contributed by atoms with Crippen LogP contribution in [0, 0.1) is 0 Å². The lowest BCUT2D eigenvalue weighted by atomic mass is 10.4. The maximum absolute atomic E-state index is 10.9. The molecule has 2 heterocycles. The highest BCUT2D eigenvalue weighted by molar-refractivity contribution is 5.96. The van der Waals surface area contributed by atoms with Gasteiger partial charge in [-0.05, 0) is 0 Å². The van der Waals surface area contributed by atoms with Crippen LogP contribution >= 0.6 is 0 Å². The summed E-state index contributed by atoms with van der Waals surface area (Å²) in [5.41, 5.74) is 16.6. The van der Waals surface area contributed by atoms with Crippen LogP contribution in [-0.4, -0.2) is 25.8 Å². The van der Waals surface area contributed by atoms with Crippen LogP contribution in [-0.2, 0) is 0 Å². The number of nitrogen functional groups attached to an aromatic ring is 2. The van der Waals surface area contributed by atoms with E-state index < -0.39 is 5.91 Å². The number of hydrogen-bond donors (Lipinski definition) is 5. The van der Waals surface area contributed by atoms with E-state index in [4.69, 9.17) is 17.2 Å². The standard InChI is InChI=1S/C7H9N7O/c8-4-3(11-1-12-4)7-13-2(6(10)15)5(9)14-7/h1H,8-9H2,(H2,10,15)(H,11,12)(H,13,14). The van der Waals surface area contributed by atoms with E-state index >= 15 is 0 Å². The zero-order valence-electron chi connectivity index (χ0n) is 7.61. The van der Waals surface area contributed by atoms with Crippen molar-refractivity contribution in [2.45, 2.75) is 0 Å². The van der Waals surface area contributed by atoms with Crippen molar-refractivity contribution < 1.29 is 4.79 Å². The Kier molecular flexibility index (Phi) is 1.82. The van der Waals surface area contributed by atoms with Gasteiger partial charge in [-0.1, -0.05) is 0 Å². The summed E-state index contributed by atoms with van der Waals surface area (Å²) in [5.74, 6) is -0.0492. The fraction of sp³-hybridized carbons (Fsp3) is 0. The fourth-order valence-electron chi connectivity index (χ4n) is 1.19. The molecule has 0 saturated heterocycles. The van der Waals surface area contributed by atoms with Crippen LogP contribution in [0.4, 0.5) is 11.6 Å². The zero-order valence-corrected chi connectivity index (χ0v) is 7.61. The molecule has 0 aliphatic heterocycles. The van der Waals surface area contributed by atoms with Gasteiger partial charge in [0.2, 0.25) is 0 Å². The minimum absolute atomic E-state index is 0.0338. The number of nitrogens with one attached hydrogen (secondary N) is 2. The molecule has 0 radical (unpaired) electrons. The van der Waals surface area contributed by atoms with Crippen LogP contribution in [0.25, 0.3) is 11.5 Å². The molecular formula is C7H9N7O. The molecule has 8 nitrogen and oxygen atoms in total. The van der Waals surface area contributed by atoms with Gasteiger partial charge in [0.05, 0.1) is 6.33 Å². The normalized spacial score (nSPS) is 10.4. The molecular weight excluding hydrogens is 198 g/mol. The van der Waals surface area contributed by atoms with Crippen LogP contribution in [0.5, 0.6) is 0 Å². The molecule has 2 rings (SSSR count). The second kappa shape index (κ2) is 3.01. The Balaban J connectivity index is 2.52. The van der Waals surface area contributed by atoms with Crippen molar-refractivity contribution in [3.8, 4) is 11.5 Å². The molecule has 0 spiro atoms. The highest BCUT2D eigenvalue weighted by Gasteiger charge is 2.15. The minimum Gasteiger partial charge on any atom is -0.382 e. The number of carbonyl (C=O) groups is 1. The second-order valence-corrected chi connectivity index (χ2v) is 2.87. The largest absolute Gasteiger partial charge is 0.382 e. The van der Waals surface area contributed by atoms with Gasteiger partial charge in [-0.3, -0.25) is 4.79 Å². The van der Waals surface area contributed by atoms with Crippen molar-refractivity contribution in [1.82, 2.24) is 19.9 Å². The smallest absolute Gasteiger partial charge is 0.269 e. The lowest BCUT2D eigenvalue weighted by molar-refractivity contribution is 0.0997. The highest BCUT2D eigenvalue weighted by Crippen LogP contribution is 2.21. The second-order valence-electron chi connectivity index (χ2n) is 2.87. The predicted molar refractivity (Wildman–Crippen MR) is 53.5 cm³/mol. The van der Waals surface area contributed by atoms with Crippen molar-refractivity contribution in [3.05, 3.63) is 12.0 Å². The summed E-state index contributed by atoms with van der Waals surface area (Å²) in [4.78, 5) is 24.0. The summed E-state index contributed by atoms with van der Waals surface area (Å²) >= 11 is 0. The first-order valence-electron chi connectivity index (χ1n) is 4.04. The topological polar surface area (TPSA) is 152 Å². The quantitative estimate of drug-likeness (QED) is 0.430. The Labute approximate surface area is 83.9 Å². The van der Waals surface area contributed by atoms with Gasteiger partial charge in [-0.15, -0.1) is 0 Å². The van der Waals surface area contributed by atoms with E-state index in [0.717, 1.165) is 0 Å². The van der Waals surface area contributed by atoms with E-state index in [-0.39, 0.29) is 17.3 Å². The number of H-pyrrole nitrogens is 2. The van der Waals surface area contributed by atoms with Crippen molar-refractivity contribution in [3.63, 3.8) is 0 Å². The van der Waals surface area contributed by atoms with Gasteiger partial charge in [0.15, 0.2) is 17.5 Å². The molecule has 8 N–H and O–H groups in total. The molecule has 0 aliphatic rings. The number of anilines is 2. The first-order chi connectivity index (χ1) is 7.09. The van der Waals surface area contributed by atoms with E-state index in [1.807, 2.05) is 0 Å². The zero-order chi connectivity index (χ0) is 11.0. The van der Waals surface area contributed by atoms with E-state index in [1.165, 1.54) is 6.33 Å². The molecule has 0 fully saturated rings. The Bertz CT molecular complexity index is 511. The first kappa shape index (κ1) is 9.06. The number of hydrogen-bond acceptors (Lipinski definition) is 5. The van der Waals surface area contributed by atoms with E-state index in [0.29, 0.717) is 11.5 Å². The average Bonchev–Trinajstić information content (AvgIpc) is 2.71. The summed E-state index contributed by atoms with van der Waals surface area (Å²) < 4.78 is 0. The van der Waals surface area contributed by atoms with Crippen LogP contribution < -0.4 is 17.2 Å². The van der Waals surface area contributed by atoms with Crippen LogP contribution in [0.3, 0.4) is 0 Å². The molecule has 2 aromatic heterocycles. The third-order valence-corrected chi connectivity index (χ3v) is 1.88. The monoisotopic (exact) mass is 207 g/mol. The molecule has 0 atom stereocenters. The van der Waals surface area contributed by atoms with Crippen molar-refractivity contribution in [2.24, 2.45) is 5.73 Å². The van der Waals surface area contributed by atoms with Crippen LogP contribution in [0.2, 0.25) is 0 Å². The molecule has 0 aliphatic carbocycles. The lowest BCUT2D eigenvalue weighted by Gasteiger charge is -1.91. The summed E-state index contributed by atoms with van der Waals surface area (Å²) in [6.07, 6.45) is 1.41. The minimum atomic E-state index is -0.677. The Morgan fingerprint density at radius 2 is 2.07 bits per heavy atom. The molecule has 2 aromatic rings. The Morgan fingerprint density at radius 1 is 1.33 bits per heavy atom. The summed E-state index contributed by atoms with van der Waals surface area (Å²) in [5, 5.41) is 0. The molecule has 0 saturated carbocycles. The van der Waals surface area contributed by atoms with Crippen molar-refractivity contribution >= 4 is 17.5 Å². The van der Waals surface area contributed by atoms with Crippen LogP contribution in [0.15, 0.2) is 6.33 Å². The number of nitrogens with zero attached hydrogens (tertiary/aromatic N) is 2. The first-order valence-corrected chi connectivity index (χ1v) is 4.04. The maximum atomic E-state index is 10.9. The van der Waals surface area contributed by atoms with Gasteiger partial charge in [0.25, 0.3) is 5.91 Å². The summed E-state index contributed by atoms with van der Waals surface area (Å²) in [7, 11) is 0. The van der Waals surface area contributed by atoms with Gasteiger partial charge in [-0.2, -0.15) is 0 Å². The van der Waals surface area contributed by atoms with E-state index in [9.17, 15) is 4.79 Å². The number of rotatable bonds is 2. The van der Waals surface area contributed by atoms with Crippen molar-refractivity contribution in [2.75, 3.05) is 11.5 Å². The van der Waals surface area contributed by atoms with Crippen LogP contribution in [0.1, 0.15) is 10.5 Å². The number of aromatic amines is 2. The third-order valence-electron chi connectivity index (χ3n) is 1.88. The number of aromatic nitrogens is 4. The molecule has 0 bridgehead atoms. The fourth-order valence-corrected chi connectivity index (χ4v) is 1.19. The van der Waals surface area contributed by atoms with Gasteiger partial charge >= 0.3 is 0 Å².